The van der Waals surface area contributed by atoms with Crippen LogP contribution in [-0.2, 0) is 4.79 Å². The average molecular weight is 294 g/mol. The molecule has 1 aliphatic heterocycles. The van der Waals surface area contributed by atoms with Crippen molar-refractivity contribution in [2.75, 3.05) is 12.9 Å². The van der Waals surface area contributed by atoms with Gasteiger partial charge in [-0.25, -0.2) is 0 Å². The van der Waals surface area contributed by atoms with Crippen molar-refractivity contribution < 1.29 is 19.7 Å². The van der Waals surface area contributed by atoms with E-state index >= 15 is 0 Å². The van der Waals surface area contributed by atoms with Crippen LogP contribution in [0, 0.1) is 0 Å². The summed E-state index contributed by atoms with van der Waals surface area (Å²) >= 11 is 1.65. The summed E-state index contributed by atoms with van der Waals surface area (Å²) in [6.07, 6.45) is 2.32. The van der Waals surface area contributed by atoms with E-state index in [2.05, 4.69) is 0 Å². The summed E-state index contributed by atoms with van der Waals surface area (Å²) in [5, 5.41) is 18.9. The summed E-state index contributed by atoms with van der Waals surface area (Å²) in [6.45, 7) is 1.63. The quantitative estimate of drug-likeness (QED) is 0.893. The van der Waals surface area contributed by atoms with Gasteiger partial charge in [0, 0.05) is 16.2 Å². The highest BCUT2D eigenvalue weighted by molar-refractivity contribution is 8.03. The Morgan fingerprint density at radius 2 is 2.30 bits per heavy atom. The number of carboxylic acids is 1. The summed E-state index contributed by atoms with van der Waals surface area (Å²) < 4.78 is 5.29. The third-order valence-electron chi connectivity index (χ3n) is 3.39. The van der Waals surface area contributed by atoms with Crippen LogP contribution in [0.25, 0.3) is 6.08 Å². The van der Waals surface area contributed by atoms with Gasteiger partial charge in [0.25, 0.3) is 0 Å². The molecule has 1 saturated heterocycles. The molecule has 4 nitrogen and oxygen atoms in total. The molecule has 0 aromatic heterocycles. The van der Waals surface area contributed by atoms with E-state index in [4.69, 9.17) is 9.84 Å². The summed E-state index contributed by atoms with van der Waals surface area (Å²) in [7, 11) is 1.53. The zero-order valence-corrected chi connectivity index (χ0v) is 12.3. The molecule has 5 heteroatoms. The maximum atomic E-state index is 11.1. The maximum absolute atomic E-state index is 11.1. The van der Waals surface area contributed by atoms with Gasteiger partial charge < -0.3 is 14.9 Å². The molecule has 2 unspecified atom stereocenters. The van der Waals surface area contributed by atoms with Gasteiger partial charge in [0.2, 0.25) is 0 Å². The number of rotatable bonds is 4. The first-order valence-electron chi connectivity index (χ1n) is 6.46. The first-order valence-corrected chi connectivity index (χ1v) is 7.44. The Hall–Kier alpha value is -1.46. The van der Waals surface area contributed by atoms with Crippen molar-refractivity contribution in [3.8, 4) is 5.75 Å². The molecule has 0 aliphatic carbocycles. The van der Waals surface area contributed by atoms with Gasteiger partial charge >= 0.3 is 5.97 Å². The molecule has 20 heavy (non-hydrogen) atoms. The Morgan fingerprint density at radius 3 is 2.85 bits per heavy atom. The molecular formula is C15H18O4S. The Bertz CT molecular complexity index is 539. The van der Waals surface area contributed by atoms with Crippen molar-refractivity contribution >= 4 is 23.8 Å². The van der Waals surface area contributed by atoms with E-state index < -0.39 is 11.9 Å². The number of carboxylic acid groups (broad SMARTS) is 1. The number of hydrogen-bond donors (Lipinski definition) is 2. The van der Waals surface area contributed by atoms with Crippen molar-refractivity contribution in [1.29, 1.82) is 0 Å². The number of methoxy groups -OCH3 is 1. The fraction of sp³-hybridized carbons (Fsp3) is 0.400. The van der Waals surface area contributed by atoms with Crippen molar-refractivity contribution in [2.45, 2.75) is 25.4 Å². The van der Waals surface area contributed by atoms with Crippen molar-refractivity contribution in [3.63, 3.8) is 0 Å². The third kappa shape index (κ3) is 3.16. The molecule has 1 aromatic carbocycles. The molecule has 108 valence electrons. The van der Waals surface area contributed by atoms with Crippen molar-refractivity contribution in [3.05, 3.63) is 34.2 Å². The van der Waals surface area contributed by atoms with Crippen LogP contribution >= 0.6 is 11.8 Å². The molecule has 2 rings (SSSR count). The van der Waals surface area contributed by atoms with E-state index in [-0.39, 0.29) is 6.10 Å². The van der Waals surface area contributed by atoms with Crippen LogP contribution in [0.5, 0.6) is 5.75 Å². The van der Waals surface area contributed by atoms with Gasteiger partial charge in [-0.2, -0.15) is 0 Å². The lowest BCUT2D eigenvalue weighted by molar-refractivity contribution is -0.138. The number of thioether (sulfide) groups is 1. The summed E-state index contributed by atoms with van der Waals surface area (Å²) in [4.78, 5) is 12.0. The molecule has 1 aliphatic rings. The lowest BCUT2D eigenvalue weighted by atomic mass is 9.98. The minimum atomic E-state index is -0.879. The number of carbonyl (C=O) groups is 1. The molecule has 2 atom stereocenters. The number of aliphatic hydroxyl groups excluding tert-OH is 1. The Balaban J connectivity index is 2.32. The van der Waals surface area contributed by atoms with E-state index in [1.165, 1.54) is 7.11 Å². The number of aliphatic carboxylic acids is 1. The zero-order valence-electron chi connectivity index (χ0n) is 11.5. The second kappa shape index (κ2) is 6.33. The minimum absolute atomic E-state index is 0.386. The van der Waals surface area contributed by atoms with Gasteiger partial charge in [-0.3, -0.25) is 4.79 Å². The predicted octanol–water partition coefficient (Wildman–Crippen LogP) is 2.72. The van der Waals surface area contributed by atoms with Crippen LogP contribution in [0.3, 0.4) is 0 Å². The lowest BCUT2D eigenvalue weighted by Gasteiger charge is -2.13. The molecule has 0 spiro atoms. The number of aliphatic hydroxyl groups is 1. The number of ether oxygens (including phenoxy) is 1. The van der Waals surface area contributed by atoms with Gasteiger partial charge in [0.1, 0.15) is 5.75 Å². The summed E-state index contributed by atoms with van der Waals surface area (Å²) in [6, 6.07) is 5.44. The van der Waals surface area contributed by atoms with Crippen molar-refractivity contribution in [1.82, 2.24) is 0 Å². The largest absolute Gasteiger partial charge is 0.496 e. The Kier molecular flexibility index (Phi) is 4.73. The fourth-order valence-corrected chi connectivity index (χ4v) is 3.24. The van der Waals surface area contributed by atoms with Gasteiger partial charge in [0.15, 0.2) is 0 Å². The highest BCUT2D eigenvalue weighted by Crippen LogP contribution is 2.34. The highest BCUT2D eigenvalue weighted by atomic mass is 32.2. The van der Waals surface area contributed by atoms with Crippen LogP contribution in [0.4, 0.5) is 0 Å². The molecule has 0 amide bonds. The van der Waals surface area contributed by atoms with E-state index in [1.54, 1.807) is 24.8 Å². The second-order valence-electron chi connectivity index (χ2n) is 4.76. The molecular weight excluding hydrogens is 276 g/mol. The Morgan fingerprint density at radius 1 is 1.55 bits per heavy atom. The number of benzene rings is 1. The molecule has 1 heterocycles. The second-order valence-corrected chi connectivity index (χ2v) is 5.93. The normalized spacial score (nSPS) is 21.9. The summed E-state index contributed by atoms with van der Waals surface area (Å²) in [5.41, 5.74) is 1.56. The van der Waals surface area contributed by atoms with E-state index in [9.17, 15) is 9.90 Å². The van der Waals surface area contributed by atoms with Crippen LogP contribution in [-0.4, -0.2) is 35.1 Å². The molecule has 0 radical (unpaired) electrons. The smallest absolute Gasteiger partial charge is 0.310 e. The standard InChI is InChI=1S/C15H18O4S/c1-9(15(17)18)11-4-3-10(7-13(11)19-2)8-14-12(16)5-6-20-14/h3-4,7-9,12,16H,5-6H2,1-2H3,(H,17,18)/b14-8+. The molecule has 0 bridgehead atoms. The molecule has 1 fully saturated rings. The van der Waals surface area contributed by atoms with Gasteiger partial charge in [-0.1, -0.05) is 12.1 Å². The SMILES string of the molecule is COc1cc(/C=C2/SCCC2O)ccc1C(C)C(=O)O. The molecule has 1 aromatic rings. The topological polar surface area (TPSA) is 66.8 Å². The van der Waals surface area contributed by atoms with Crippen LogP contribution in [0.1, 0.15) is 30.4 Å². The van der Waals surface area contributed by atoms with Crippen molar-refractivity contribution in [2.24, 2.45) is 0 Å². The Labute approximate surface area is 122 Å². The van der Waals surface area contributed by atoms with Crippen LogP contribution in [0.15, 0.2) is 23.1 Å². The van der Waals surface area contributed by atoms with E-state index in [0.717, 1.165) is 22.6 Å². The minimum Gasteiger partial charge on any atom is -0.496 e. The van der Waals surface area contributed by atoms with Gasteiger partial charge in [-0.15, -0.1) is 11.8 Å². The average Bonchev–Trinajstić information content (AvgIpc) is 2.83. The first kappa shape index (κ1) is 14.9. The zero-order chi connectivity index (χ0) is 14.7. The van der Waals surface area contributed by atoms with Gasteiger partial charge in [-0.05, 0) is 31.1 Å². The molecule has 2 N–H and O–H groups in total. The van der Waals surface area contributed by atoms with E-state index in [1.807, 2.05) is 18.2 Å². The number of hydrogen-bond acceptors (Lipinski definition) is 4. The monoisotopic (exact) mass is 294 g/mol. The van der Waals surface area contributed by atoms with Crippen LogP contribution in [0.2, 0.25) is 0 Å². The highest BCUT2D eigenvalue weighted by Gasteiger charge is 2.20. The molecule has 0 saturated carbocycles. The lowest BCUT2D eigenvalue weighted by Crippen LogP contribution is -2.09. The maximum Gasteiger partial charge on any atom is 0.310 e. The fourth-order valence-electron chi connectivity index (χ4n) is 2.14. The van der Waals surface area contributed by atoms with Crippen LogP contribution < -0.4 is 4.74 Å². The predicted molar refractivity (Wildman–Crippen MR) is 80.1 cm³/mol. The van der Waals surface area contributed by atoms with E-state index in [0.29, 0.717) is 11.3 Å². The first-order chi connectivity index (χ1) is 9.52. The van der Waals surface area contributed by atoms with Gasteiger partial charge in [0.05, 0.1) is 19.1 Å². The summed E-state index contributed by atoms with van der Waals surface area (Å²) in [5.74, 6) is -0.000783. The third-order valence-corrected chi connectivity index (χ3v) is 4.55.